The third-order valence-corrected chi connectivity index (χ3v) is 6.71. The van der Waals surface area contributed by atoms with Crippen molar-refractivity contribution in [1.29, 1.82) is 0 Å². The molecule has 2 aliphatic rings. The van der Waals surface area contributed by atoms with Crippen LogP contribution in [0.15, 0.2) is 34.7 Å². The monoisotopic (exact) mass is 525 g/mol. The minimum absolute atomic E-state index is 0.0405. The molecule has 12 heteroatoms. The molecule has 204 valence electrons. The molecule has 1 unspecified atom stereocenters. The van der Waals surface area contributed by atoms with Crippen molar-refractivity contribution in [3.63, 3.8) is 0 Å². The first-order chi connectivity index (χ1) is 18.2. The number of hydrogen-bond acceptors (Lipinski definition) is 8. The van der Waals surface area contributed by atoms with E-state index in [0.717, 1.165) is 5.56 Å². The zero-order valence-corrected chi connectivity index (χ0v) is 21.9. The topological polar surface area (TPSA) is 159 Å². The van der Waals surface area contributed by atoms with Gasteiger partial charge in [-0.25, -0.2) is 4.79 Å². The van der Waals surface area contributed by atoms with Gasteiger partial charge in [-0.1, -0.05) is 44.2 Å². The van der Waals surface area contributed by atoms with E-state index in [1.807, 2.05) is 44.2 Å². The Bertz CT molecular complexity index is 1150. The summed E-state index contributed by atoms with van der Waals surface area (Å²) < 4.78 is 5.89. The van der Waals surface area contributed by atoms with Crippen LogP contribution in [-0.2, 0) is 20.8 Å². The van der Waals surface area contributed by atoms with Gasteiger partial charge in [0.15, 0.2) is 0 Å². The summed E-state index contributed by atoms with van der Waals surface area (Å²) in [4.78, 5) is 53.5. The summed E-state index contributed by atoms with van der Waals surface area (Å²) in [5.74, 6) is -0.779. The average Bonchev–Trinajstić information content (AvgIpc) is 3.56. The Balaban J connectivity index is 1.62. The minimum Gasteiger partial charge on any atom is -0.421 e. The number of nitrogens with one attached hydrogen (secondary N) is 4. The number of amides is 5. The van der Waals surface area contributed by atoms with Crippen molar-refractivity contribution in [2.45, 2.75) is 70.6 Å². The van der Waals surface area contributed by atoms with Crippen LogP contribution in [0, 0.1) is 5.92 Å². The highest BCUT2D eigenvalue weighted by atomic mass is 16.4. The van der Waals surface area contributed by atoms with Crippen LogP contribution in [0.25, 0.3) is 0 Å². The number of benzene rings is 1. The molecule has 12 nitrogen and oxygen atoms in total. The lowest BCUT2D eigenvalue weighted by atomic mass is 10.0. The van der Waals surface area contributed by atoms with Crippen LogP contribution < -0.4 is 21.3 Å². The normalized spacial score (nSPS) is 25.4. The van der Waals surface area contributed by atoms with Crippen LogP contribution in [0.4, 0.5) is 4.79 Å². The Kier molecular flexibility index (Phi) is 8.72. The van der Waals surface area contributed by atoms with Crippen molar-refractivity contribution in [3.05, 3.63) is 47.7 Å². The molecule has 4 N–H and O–H groups in total. The molecule has 38 heavy (non-hydrogen) atoms. The summed E-state index contributed by atoms with van der Waals surface area (Å²) in [7, 11) is 0. The molecule has 0 spiro atoms. The predicted octanol–water partition coefficient (Wildman–Crippen LogP) is 1.37. The third kappa shape index (κ3) is 6.74. The second-order valence-corrected chi connectivity index (χ2v) is 10.2. The summed E-state index contributed by atoms with van der Waals surface area (Å²) in [6, 6.07) is 6.14. The summed E-state index contributed by atoms with van der Waals surface area (Å²) in [6.45, 7) is 5.88. The fourth-order valence-corrected chi connectivity index (χ4v) is 4.77. The van der Waals surface area contributed by atoms with E-state index < -0.39 is 42.0 Å². The number of urea groups is 1. The second-order valence-electron chi connectivity index (χ2n) is 10.2. The van der Waals surface area contributed by atoms with E-state index in [-0.39, 0.29) is 30.2 Å². The maximum absolute atomic E-state index is 13.3. The van der Waals surface area contributed by atoms with Crippen molar-refractivity contribution < 1.29 is 23.6 Å². The Morgan fingerprint density at radius 1 is 1.00 bits per heavy atom. The van der Waals surface area contributed by atoms with Gasteiger partial charge in [-0.15, -0.1) is 10.2 Å². The van der Waals surface area contributed by atoms with E-state index >= 15 is 0 Å². The lowest BCUT2D eigenvalue weighted by Crippen LogP contribution is -2.55. The Hall–Kier alpha value is -3.80. The molecule has 2 aliphatic heterocycles. The van der Waals surface area contributed by atoms with Crippen molar-refractivity contribution in [2.24, 2.45) is 5.92 Å². The van der Waals surface area contributed by atoms with Crippen molar-refractivity contribution in [1.82, 2.24) is 36.4 Å². The maximum atomic E-state index is 13.3. The highest BCUT2D eigenvalue weighted by molar-refractivity contribution is 5.99. The van der Waals surface area contributed by atoms with E-state index in [0.29, 0.717) is 32.2 Å². The molecule has 5 amide bonds. The smallest absolute Gasteiger partial charge is 0.322 e. The second kappa shape index (κ2) is 12.2. The van der Waals surface area contributed by atoms with Gasteiger partial charge in [-0.2, -0.15) is 0 Å². The molecule has 1 fully saturated rings. The Labute approximate surface area is 221 Å². The van der Waals surface area contributed by atoms with Crippen LogP contribution in [-0.4, -0.2) is 64.0 Å². The fraction of sp³-hybridized carbons (Fsp3) is 0.538. The molecular formula is C26H35N7O5. The van der Waals surface area contributed by atoms with E-state index in [4.69, 9.17) is 4.42 Å². The average molecular weight is 526 g/mol. The number of rotatable bonds is 4. The van der Waals surface area contributed by atoms with Crippen molar-refractivity contribution in [3.8, 4) is 0 Å². The van der Waals surface area contributed by atoms with Crippen LogP contribution in [0.1, 0.15) is 69.5 Å². The van der Waals surface area contributed by atoms with Gasteiger partial charge in [0.1, 0.15) is 18.1 Å². The SMILES string of the molecule is CC(C)C[C@@H]1NC(=O)[C@@H]2CCCN2C(=O)CNC(Cc2ccccc2)c2nnc(o2)[C@H](C)NC(=O)NC1=O. The molecule has 0 radical (unpaired) electrons. The summed E-state index contributed by atoms with van der Waals surface area (Å²) in [5.41, 5.74) is 1.00. The number of hydrogen-bond donors (Lipinski definition) is 4. The highest BCUT2D eigenvalue weighted by Gasteiger charge is 2.36. The molecular weight excluding hydrogens is 490 g/mol. The van der Waals surface area contributed by atoms with E-state index in [9.17, 15) is 19.2 Å². The molecule has 1 aromatic heterocycles. The molecule has 0 saturated carbocycles. The van der Waals surface area contributed by atoms with Gasteiger partial charge in [0.25, 0.3) is 5.91 Å². The predicted molar refractivity (Wildman–Crippen MR) is 136 cm³/mol. The van der Waals surface area contributed by atoms with Crippen LogP contribution in [0.3, 0.4) is 0 Å². The zero-order chi connectivity index (χ0) is 27.2. The fourth-order valence-electron chi connectivity index (χ4n) is 4.77. The Morgan fingerprint density at radius 3 is 2.47 bits per heavy atom. The molecule has 3 heterocycles. The van der Waals surface area contributed by atoms with Gasteiger partial charge in [0, 0.05) is 6.54 Å². The maximum Gasteiger partial charge on any atom is 0.322 e. The van der Waals surface area contributed by atoms with Crippen LogP contribution >= 0.6 is 0 Å². The molecule has 1 aromatic carbocycles. The van der Waals surface area contributed by atoms with Crippen LogP contribution in [0.2, 0.25) is 0 Å². The number of carbonyl (C=O) groups excluding carboxylic acids is 4. The standard InChI is InChI=1S/C26H35N7O5/c1-15(2)12-18-22(35)30-26(37)28-16(3)24-31-32-25(38-24)19(13-17-8-5-4-6-9-17)27-14-21(34)33-11-7-10-20(33)23(36)29-18/h4-6,8-9,15-16,18-20,27H,7,10-14H2,1-3H3,(H,29,36)(H2,28,30,35,37)/t16-,18-,19?,20-/m0/s1. The number of aromatic nitrogens is 2. The summed E-state index contributed by atoms with van der Waals surface area (Å²) in [6.07, 6.45) is 1.97. The molecule has 0 aliphatic carbocycles. The summed E-state index contributed by atoms with van der Waals surface area (Å²) in [5, 5.41) is 19.2. The van der Waals surface area contributed by atoms with E-state index in [2.05, 4.69) is 31.5 Å². The van der Waals surface area contributed by atoms with Gasteiger partial charge < -0.3 is 20.0 Å². The van der Waals surface area contributed by atoms with Crippen LogP contribution in [0.5, 0.6) is 0 Å². The van der Waals surface area contributed by atoms with Crippen molar-refractivity contribution >= 4 is 23.8 Å². The molecule has 2 aromatic rings. The zero-order valence-electron chi connectivity index (χ0n) is 21.9. The molecule has 1 saturated heterocycles. The number of imide groups is 1. The van der Waals surface area contributed by atoms with Gasteiger partial charge in [-0.3, -0.25) is 25.0 Å². The first-order valence-electron chi connectivity index (χ1n) is 13.0. The summed E-state index contributed by atoms with van der Waals surface area (Å²) >= 11 is 0. The minimum atomic E-state index is -0.930. The van der Waals surface area contributed by atoms with Gasteiger partial charge in [0.2, 0.25) is 23.6 Å². The number of nitrogens with zero attached hydrogens (tertiary/aromatic N) is 3. The lowest BCUT2D eigenvalue weighted by Gasteiger charge is -2.27. The third-order valence-electron chi connectivity index (χ3n) is 6.71. The number of carbonyl (C=O) groups is 4. The quantitative estimate of drug-likeness (QED) is 0.466. The largest absolute Gasteiger partial charge is 0.421 e. The molecule has 4 atom stereocenters. The van der Waals surface area contributed by atoms with Crippen molar-refractivity contribution in [2.75, 3.05) is 13.1 Å². The van der Waals surface area contributed by atoms with Gasteiger partial charge in [-0.05, 0) is 44.1 Å². The highest BCUT2D eigenvalue weighted by Crippen LogP contribution is 2.22. The Morgan fingerprint density at radius 2 is 1.74 bits per heavy atom. The first-order valence-corrected chi connectivity index (χ1v) is 13.0. The van der Waals surface area contributed by atoms with E-state index in [1.54, 1.807) is 11.8 Å². The lowest BCUT2D eigenvalue weighted by molar-refractivity contribution is -0.139. The molecule has 4 rings (SSSR count). The van der Waals surface area contributed by atoms with Gasteiger partial charge >= 0.3 is 6.03 Å². The van der Waals surface area contributed by atoms with E-state index in [1.165, 1.54) is 0 Å². The van der Waals surface area contributed by atoms with Gasteiger partial charge in [0.05, 0.1) is 12.6 Å². The molecule has 2 bridgehead atoms. The number of fused-ring (bicyclic) bond motifs is 3. The first kappa shape index (κ1) is 27.2.